The van der Waals surface area contributed by atoms with E-state index in [0.29, 0.717) is 26.2 Å². The highest BCUT2D eigenvalue weighted by Crippen LogP contribution is 2.38. The summed E-state index contributed by atoms with van der Waals surface area (Å²) >= 11 is 0. The number of alkyl halides is 3. The van der Waals surface area contributed by atoms with E-state index in [1.165, 1.54) is 18.2 Å². The Bertz CT molecular complexity index is 1450. The predicted octanol–water partition coefficient (Wildman–Crippen LogP) is 5.76. The zero-order valence-corrected chi connectivity index (χ0v) is 23.4. The minimum Gasteiger partial charge on any atom is -0.382 e. The van der Waals surface area contributed by atoms with Crippen molar-refractivity contribution < 1.29 is 27.3 Å². The minimum atomic E-state index is -4.73. The number of amides is 1. The maximum atomic E-state index is 12.9. The molecule has 1 amide bonds. The topological polar surface area (TPSA) is 112 Å². The number of hydrogen-bond acceptors (Lipinski definition) is 6. The summed E-state index contributed by atoms with van der Waals surface area (Å²) < 4.78 is 51.4. The number of nitro benzene ring substituents is 1. The molecule has 43 heavy (non-hydrogen) atoms. The first-order valence-electron chi connectivity index (χ1n) is 14.1. The molecule has 1 saturated carbocycles. The quantitative estimate of drug-likeness (QED) is 0.211. The highest BCUT2D eigenvalue weighted by Gasteiger charge is 2.38. The molecule has 2 heterocycles. The predicted molar refractivity (Wildman–Crippen MR) is 155 cm³/mol. The van der Waals surface area contributed by atoms with Crippen molar-refractivity contribution >= 4 is 23.0 Å². The van der Waals surface area contributed by atoms with Crippen molar-refractivity contribution in [2.24, 2.45) is 0 Å². The lowest BCUT2D eigenvalue weighted by atomic mass is 9.95. The Morgan fingerprint density at radius 1 is 0.977 bits per heavy atom. The summed E-state index contributed by atoms with van der Waals surface area (Å²) in [5.74, 6) is -0.255. The number of benzene rings is 2. The van der Waals surface area contributed by atoms with Crippen molar-refractivity contribution in [1.29, 1.82) is 0 Å². The largest absolute Gasteiger partial charge is 0.423 e. The van der Waals surface area contributed by atoms with Crippen molar-refractivity contribution in [3.8, 4) is 0 Å². The Hall–Kier alpha value is -4.42. The third kappa shape index (κ3) is 9.03. The number of carbonyl (C=O) groups is 1. The van der Waals surface area contributed by atoms with Gasteiger partial charge in [-0.05, 0) is 48.7 Å². The fourth-order valence-corrected chi connectivity index (χ4v) is 5.23. The summed E-state index contributed by atoms with van der Waals surface area (Å²) in [5.41, 5.74) is -0.269. The van der Waals surface area contributed by atoms with Crippen LogP contribution >= 0.6 is 0 Å². The first-order valence-corrected chi connectivity index (χ1v) is 14.1. The molecule has 1 aliphatic heterocycles. The summed E-state index contributed by atoms with van der Waals surface area (Å²) in [5, 5.41) is 13.7. The van der Waals surface area contributed by atoms with E-state index in [1.54, 1.807) is 24.4 Å². The molecule has 2 aromatic carbocycles. The normalized spacial score (nSPS) is 15.8. The van der Waals surface area contributed by atoms with Crippen LogP contribution < -0.4 is 15.8 Å². The summed E-state index contributed by atoms with van der Waals surface area (Å²) in [6.07, 6.45) is 2.26. The van der Waals surface area contributed by atoms with Gasteiger partial charge in [-0.2, -0.15) is 13.2 Å². The van der Waals surface area contributed by atoms with E-state index in [-0.39, 0.29) is 35.4 Å². The Morgan fingerprint density at radius 3 is 2.26 bits per heavy atom. The molecule has 2 N–H and O–H groups in total. The van der Waals surface area contributed by atoms with Crippen LogP contribution in [0.5, 0.6) is 0 Å². The summed E-state index contributed by atoms with van der Waals surface area (Å²) in [7, 11) is 0. The number of carbonyl (C=O) groups excluding carboxylic acids is 1. The number of anilines is 2. The van der Waals surface area contributed by atoms with Crippen molar-refractivity contribution in [2.75, 3.05) is 36.4 Å². The Labute approximate surface area is 245 Å². The van der Waals surface area contributed by atoms with Crippen LogP contribution in [0.3, 0.4) is 0 Å². The number of piperazine rings is 1. The van der Waals surface area contributed by atoms with Crippen LogP contribution in [0.4, 0.5) is 34.6 Å². The van der Waals surface area contributed by atoms with Crippen LogP contribution in [-0.4, -0.2) is 52.9 Å². The van der Waals surface area contributed by atoms with E-state index in [1.807, 2.05) is 11.0 Å². The van der Waals surface area contributed by atoms with Crippen LogP contribution in [0, 0.1) is 15.9 Å². The van der Waals surface area contributed by atoms with Gasteiger partial charge in [0.1, 0.15) is 11.4 Å². The van der Waals surface area contributed by atoms with E-state index >= 15 is 0 Å². The molecule has 1 saturated heterocycles. The first kappa shape index (κ1) is 31.5. The van der Waals surface area contributed by atoms with Gasteiger partial charge in [0.05, 0.1) is 11.3 Å². The average molecular weight is 604 g/mol. The summed E-state index contributed by atoms with van der Waals surface area (Å²) in [6, 6.07) is 12.7. The Kier molecular flexibility index (Phi) is 10.4. The summed E-state index contributed by atoms with van der Waals surface area (Å²) in [4.78, 5) is 39.8. The second kappa shape index (κ2) is 14.2. The zero-order valence-electron chi connectivity index (χ0n) is 23.4. The number of nitrogens with one attached hydrogen (secondary N) is 2. The van der Waals surface area contributed by atoms with E-state index in [2.05, 4.69) is 15.2 Å². The van der Waals surface area contributed by atoms with Gasteiger partial charge in [0.15, 0.2) is 0 Å². The van der Waals surface area contributed by atoms with Crippen LogP contribution in [-0.2, 0) is 17.4 Å². The van der Waals surface area contributed by atoms with Gasteiger partial charge in [-0.25, -0.2) is 4.39 Å². The van der Waals surface area contributed by atoms with Crippen LogP contribution in [0.2, 0.25) is 0 Å². The van der Waals surface area contributed by atoms with E-state index in [9.17, 15) is 37.3 Å². The molecule has 0 unspecified atom stereocenters. The molecular weight excluding hydrogens is 570 g/mol. The lowest BCUT2D eigenvalue weighted by molar-refractivity contribution is -0.388. The van der Waals surface area contributed by atoms with E-state index < -0.39 is 22.4 Å². The molecule has 3 aromatic rings. The monoisotopic (exact) mass is 603 g/mol. The van der Waals surface area contributed by atoms with Gasteiger partial charge in [-0.15, -0.1) is 0 Å². The minimum absolute atomic E-state index is 0.0437. The molecule has 0 atom stereocenters. The SMILES string of the molecule is O=C(Cc1ccc(F)cc1)N1CCN(c2cc[nH]c(=O)c2)CC1.O=[N+]([O-])c1ccc(NC2CCCCC2)cc1C(F)(F)F. The third-order valence-corrected chi connectivity index (χ3v) is 7.50. The lowest BCUT2D eigenvalue weighted by Gasteiger charge is -2.36. The molecule has 0 spiro atoms. The van der Waals surface area contributed by atoms with Crippen molar-refractivity contribution in [3.05, 3.63) is 98.2 Å². The molecule has 9 nitrogen and oxygen atoms in total. The number of pyridine rings is 1. The zero-order chi connectivity index (χ0) is 31.0. The lowest BCUT2D eigenvalue weighted by Crippen LogP contribution is -2.49. The molecular formula is C30H33F4N5O4. The molecule has 0 bridgehead atoms. The highest BCUT2D eigenvalue weighted by molar-refractivity contribution is 5.79. The number of aromatic amines is 1. The highest BCUT2D eigenvalue weighted by atomic mass is 19.4. The average Bonchev–Trinajstić information content (AvgIpc) is 2.99. The standard InChI is InChI=1S/C17H18FN3O2.C13H15F3N2O2/c18-14-3-1-13(2-4-14)11-17(23)21-9-7-20(8-10-21)15-5-6-19-16(22)12-15;14-13(15,16)11-8-10(6-7-12(11)18(19)20)17-9-4-2-1-3-5-9/h1-6,12H,7-11H2,(H,19,22);6-9,17H,1-5H2. The van der Waals surface area contributed by atoms with E-state index in [0.717, 1.165) is 55.5 Å². The molecule has 1 aliphatic carbocycles. The van der Waals surface area contributed by atoms with Gasteiger partial charge in [-0.3, -0.25) is 19.7 Å². The van der Waals surface area contributed by atoms with Crippen molar-refractivity contribution in [2.45, 2.75) is 50.7 Å². The Balaban J connectivity index is 0.000000199. The maximum absolute atomic E-state index is 12.9. The molecule has 1 aromatic heterocycles. The number of nitrogens with zero attached hydrogens (tertiary/aromatic N) is 3. The molecule has 0 radical (unpaired) electrons. The van der Waals surface area contributed by atoms with Crippen LogP contribution in [0.1, 0.15) is 43.2 Å². The van der Waals surface area contributed by atoms with Gasteiger partial charge >= 0.3 is 6.18 Å². The number of nitro groups is 1. The molecule has 5 rings (SSSR count). The second-order valence-electron chi connectivity index (χ2n) is 10.5. The van der Waals surface area contributed by atoms with Crippen LogP contribution in [0.15, 0.2) is 65.6 Å². The number of rotatable bonds is 6. The van der Waals surface area contributed by atoms with Crippen molar-refractivity contribution in [3.63, 3.8) is 0 Å². The van der Waals surface area contributed by atoms with Crippen LogP contribution in [0.25, 0.3) is 0 Å². The van der Waals surface area contributed by atoms with Gasteiger partial charge < -0.3 is 20.1 Å². The molecule has 13 heteroatoms. The van der Waals surface area contributed by atoms with Gasteiger partial charge in [-0.1, -0.05) is 31.4 Å². The number of aromatic nitrogens is 1. The molecule has 2 aliphatic rings. The second-order valence-corrected chi connectivity index (χ2v) is 10.5. The van der Waals surface area contributed by atoms with Crippen molar-refractivity contribution in [1.82, 2.24) is 9.88 Å². The van der Waals surface area contributed by atoms with Gasteiger partial charge in [0, 0.05) is 61.9 Å². The van der Waals surface area contributed by atoms with Gasteiger partial charge in [0.2, 0.25) is 11.5 Å². The molecule has 2 fully saturated rings. The maximum Gasteiger partial charge on any atom is 0.423 e. The number of hydrogen-bond donors (Lipinski definition) is 2. The number of H-pyrrole nitrogens is 1. The fraction of sp³-hybridized carbons (Fsp3) is 0.400. The number of halogens is 4. The first-order chi connectivity index (χ1) is 20.5. The third-order valence-electron chi connectivity index (χ3n) is 7.50. The summed E-state index contributed by atoms with van der Waals surface area (Å²) in [6.45, 7) is 2.62. The molecule has 230 valence electrons. The smallest absolute Gasteiger partial charge is 0.382 e. The van der Waals surface area contributed by atoms with E-state index in [4.69, 9.17) is 0 Å². The van der Waals surface area contributed by atoms with Gasteiger partial charge in [0.25, 0.3) is 5.69 Å². The fourth-order valence-electron chi connectivity index (χ4n) is 5.23. The Morgan fingerprint density at radius 2 is 1.65 bits per heavy atom.